The molecular weight excluding hydrogens is 470 g/mol. The van der Waals surface area contributed by atoms with Gasteiger partial charge in [0, 0.05) is 6.42 Å². The number of rotatable bonds is 7. The van der Waals surface area contributed by atoms with Crippen molar-refractivity contribution in [3.05, 3.63) is 96.6 Å². The van der Waals surface area contributed by atoms with Gasteiger partial charge in [0.15, 0.2) is 0 Å². The summed E-state index contributed by atoms with van der Waals surface area (Å²) >= 11 is 0. The Morgan fingerprint density at radius 2 is 1.42 bits per heavy atom. The summed E-state index contributed by atoms with van der Waals surface area (Å²) in [6.07, 6.45) is -1.92. The second-order valence-corrected chi connectivity index (χ2v) is 14.4. The van der Waals surface area contributed by atoms with Gasteiger partial charge in [0.05, 0.1) is 12.6 Å². The number of nitrogens with zero attached hydrogens (tertiary/aromatic N) is 1. The molecule has 188 valence electrons. The summed E-state index contributed by atoms with van der Waals surface area (Å²) in [6.45, 7) is 6.65. The molecule has 1 saturated heterocycles. The van der Waals surface area contributed by atoms with Crippen LogP contribution in [0.15, 0.2) is 91.0 Å². The molecule has 0 aliphatic carbocycles. The topological polar surface area (TPSA) is 76.1 Å². The maximum Gasteiger partial charge on any atom is 0.417 e. The lowest BCUT2D eigenvalue weighted by atomic mass is 10.2. The van der Waals surface area contributed by atoms with E-state index in [-0.39, 0.29) is 24.7 Å². The predicted molar refractivity (Wildman–Crippen MR) is 141 cm³/mol. The van der Waals surface area contributed by atoms with E-state index < -0.39 is 32.5 Å². The van der Waals surface area contributed by atoms with Crippen molar-refractivity contribution >= 4 is 30.7 Å². The number of aliphatic hydroxyl groups excluding tert-OH is 1. The molecule has 4 rings (SSSR count). The van der Waals surface area contributed by atoms with Crippen LogP contribution in [0.3, 0.4) is 0 Å². The molecule has 0 spiro atoms. The fourth-order valence-corrected chi connectivity index (χ4v) is 9.56. The number of ether oxygens (including phenoxy) is 1. The van der Waals surface area contributed by atoms with Crippen LogP contribution >= 0.6 is 0 Å². The van der Waals surface area contributed by atoms with Crippen LogP contribution in [0.2, 0.25) is 5.04 Å². The Morgan fingerprint density at radius 1 is 0.917 bits per heavy atom. The molecular formula is C29H33NO5Si. The van der Waals surface area contributed by atoms with E-state index in [0.717, 1.165) is 20.8 Å². The maximum atomic E-state index is 13.0. The third-order valence-corrected chi connectivity index (χ3v) is 11.7. The van der Waals surface area contributed by atoms with Gasteiger partial charge in [0.2, 0.25) is 0 Å². The molecule has 36 heavy (non-hydrogen) atoms. The van der Waals surface area contributed by atoms with Gasteiger partial charge in [-0.1, -0.05) is 112 Å². The first-order chi connectivity index (χ1) is 17.2. The zero-order valence-corrected chi connectivity index (χ0v) is 22.0. The second kappa shape index (κ2) is 10.8. The van der Waals surface area contributed by atoms with E-state index in [1.807, 2.05) is 66.7 Å². The molecule has 7 heteroatoms. The molecule has 0 bridgehead atoms. The van der Waals surface area contributed by atoms with E-state index in [0.29, 0.717) is 0 Å². The molecule has 6 nitrogen and oxygen atoms in total. The van der Waals surface area contributed by atoms with Crippen LogP contribution in [-0.2, 0) is 20.6 Å². The van der Waals surface area contributed by atoms with Gasteiger partial charge in [-0.2, -0.15) is 0 Å². The van der Waals surface area contributed by atoms with Gasteiger partial charge in [0.1, 0.15) is 12.7 Å². The van der Waals surface area contributed by atoms with Gasteiger partial charge in [0.25, 0.3) is 14.2 Å². The first-order valence-electron chi connectivity index (χ1n) is 12.2. The third-order valence-electron chi connectivity index (χ3n) is 6.69. The minimum atomic E-state index is -2.87. The average Bonchev–Trinajstić information content (AvgIpc) is 3.17. The lowest BCUT2D eigenvalue weighted by Gasteiger charge is -2.43. The summed E-state index contributed by atoms with van der Waals surface area (Å²) in [7, 11) is -2.87. The van der Waals surface area contributed by atoms with E-state index in [4.69, 9.17) is 9.16 Å². The van der Waals surface area contributed by atoms with Gasteiger partial charge in [-0.05, 0) is 21.0 Å². The summed E-state index contributed by atoms with van der Waals surface area (Å²) in [5.41, 5.74) is 0.818. The molecule has 0 aromatic heterocycles. The Labute approximate surface area is 213 Å². The Bertz CT molecular complexity index is 1130. The monoisotopic (exact) mass is 503 g/mol. The number of aliphatic hydroxyl groups is 1. The summed E-state index contributed by atoms with van der Waals surface area (Å²) < 4.78 is 12.4. The van der Waals surface area contributed by atoms with E-state index >= 15 is 0 Å². The van der Waals surface area contributed by atoms with Crippen LogP contribution in [0.5, 0.6) is 0 Å². The van der Waals surface area contributed by atoms with E-state index in [9.17, 15) is 14.7 Å². The van der Waals surface area contributed by atoms with Gasteiger partial charge in [-0.3, -0.25) is 4.79 Å². The highest BCUT2D eigenvalue weighted by Gasteiger charge is 2.52. The number of carbonyl (C=O) groups excluding carboxylic acids is 2. The Morgan fingerprint density at radius 3 is 1.92 bits per heavy atom. The fraction of sp³-hybridized carbons (Fsp3) is 0.310. The molecule has 0 saturated carbocycles. The smallest absolute Gasteiger partial charge is 0.417 e. The first-order valence-corrected chi connectivity index (χ1v) is 14.1. The third kappa shape index (κ3) is 5.14. The zero-order valence-electron chi connectivity index (χ0n) is 21.0. The van der Waals surface area contributed by atoms with Gasteiger partial charge in [-0.25, -0.2) is 9.69 Å². The van der Waals surface area contributed by atoms with Crippen molar-refractivity contribution in [1.82, 2.24) is 4.90 Å². The molecule has 1 heterocycles. The Balaban J connectivity index is 1.62. The van der Waals surface area contributed by atoms with Crippen LogP contribution in [0, 0.1) is 0 Å². The zero-order chi connectivity index (χ0) is 25.8. The first kappa shape index (κ1) is 25.8. The Hall–Kier alpha value is -3.26. The molecule has 1 N–H and O–H groups in total. The number of benzene rings is 3. The molecule has 2 amide bonds. The molecule has 1 aliphatic rings. The van der Waals surface area contributed by atoms with Gasteiger partial charge < -0.3 is 14.3 Å². The predicted octanol–water partition coefficient (Wildman–Crippen LogP) is 3.86. The van der Waals surface area contributed by atoms with Crippen LogP contribution in [0.4, 0.5) is 4.79 Å². The second-order valence-electron chi connectivity index (χ2n) is 10.1. The molecule has 1 aliphatic heterocycles. The van der Waals surface area contributed by atoms with Crippen molar-refractivity contribution in [2.75, 3.05) is 6.61 Å². The molecule has 3 aromatic rings. The van der Waals surface area contributed by atoms with Crippen molar-refractivity contribution in [2.45, 2.75) is 51.0 Å². The van der Waals surface area contributed by atoms with Crippen LogP contribution in [0.25, 0.3) is 0 Å². The lowest BCUT2D eigenvalue weighted by molar-refractivity contribution is -0.134. The van der Waals surface area contributed by atoms with Gasteiger partial charge in [-0.15, -0.1) is 0 Å². The van der Waals surface area contributed by atoms with Crippen molar-refractivity contribution in [1.29, 1.82) is 0 Å². The highest BCUT2D eigenvalue weighted by Crippen LogP contribution is 2.37. The van der Waals surface area contributed by atoms with Crippen molar-refractivity contribution in [3.63, 3.8) is 0 Å². The van der Waals surface area contributed by atoms with E-state index in [1.165, 1.54) is 0 Å². The average molecular weight is 504 g/mol. The van der Waals surface area contributed by atoms with Crippen LogP contribution in [0.1, 0.15) is 32.8 Å². The normalized spacial score (nSPS) is 18.3. The van der Waals surface area contributed by atoms with Crippen molar-refractivity contribution < 1.29 is 23.9 Å². The number of carbonyl (C=O) groups is 2. The number of imide groups is 1. The quantitative estimate of drug-likeness (QED) is 0.496. The highest BCUT2D eigenvalue weighted by atomic mass is 28.4. The number of amides is 2. The van der Waals surface area contributed by atoms with Gasteiger partial charge >= 0.3 is 6.09 Å². The summed E-state index contributed by atoms with van der Waals surface area (Å²) in [4.78, 5) is 26.8. The van der Waals surface area contributed by atoms with Crippen molar-refractivity contribution in [3.8, 4) is 0 Å². The van der Waals surface area contributed by atoms with E-state index in [1.54, 1.807) is 0 Å². The fourth-order valence-electron chi connectivity index (χ4n) is 4.96. The molecule has 2 atom stereocenters. The maximum absolute atomic E-state index is 13.0. The highest BCUT2D eigenvalue weighted by molar-refractivity contribution is 6.99. The summed E-state index contributed by atoms with van der Waals surface area (Å²) in [5, 5.41) is 12.3. The molecule has 1 fully saturated rings. The number of hydrogen-bond acceptors (Lipinski definition) is 5. The minimum absolute atomic E-state index is 0.0435. The van der Waals surface area contributed by atoms with Crippen LogP contribution in [-0.4, -0.2) is 49.1 Å². The molecule has 0 unspecified atom stereocenters. The number of hydrogen-bond donors (Lipinski definition) is 1. The lowest BCUT2D eigenvalue weighted by Crippen LogP contribution is -2.67. The summed E-state index contributed by atoms with van der Waals surface area (Å²) in [5.74, 6) is -0.649. The summed E-state index contributed by atoms with van der Waals surface area (Å²) in [6, 6.07) is 29.0. The molecule has 0 radical (unpaired) electrons. The molecule has 3 aromatic carbocycles. The van der Waals surface area contributed by atoms with Crippen LogP contribution < -0.4 is 10.4 Å². The van der Waals surface area contributed by atoms with E-state index in [2.05, 4.69) is 45.0 Å². The Kier molecular flexibility index (Phi) is 7.73. The largest absolute Gasteiger partial charge is 0.444 e. The number of likely N-dealkylation sites (tertiary alicyclic amines) is 1. The minimum Gasteiger partial charge on any atom is -0.444 e. The van der Waals surface area contributed by atoms with Crippen molar-refractivity contribution in [2.24, 2.45) is 0 Å². The SMILES string of the molecule is CC(C)(C)[Si](OC[C@H]1C[C@H](O)C(=O)N1C(=O)OCc1ccccc1)(c1ccccc1)c1ccccc1. The standard InChI is InChI=1S/C29H33NO5Si/c1-29(2,3)36(24-15-9-5-10-16-24,25-17-11-6-12-18-25)35-21-23-19-26(31)27(32)30(23)28(33)34-20-22-13-7-4-8-14-22/h4-18,23,26,31H,19-21H2,1-3H3/t23-,26+/m1/s1.